The number of rotatable bonds is 6. The summed E-state index contributed by atoms with van der Waals surface area (Å²) in [6, 6.07) is 12.9. The van der Waals surface area contributed by atoms with Gasteiger partial charge in [0.1, 0.15) is 5.75 Å². The van der Waals surface area contributed by atoms with Crippen molar-refractivity contribution in [3.05, 3.63) is 65.2 Å². The monoisotopic (exact) mass is 420 g/mol. The van der Waals surface area contributed by atoms with Crippen LogP contribution in [-0.4, -0.2) is 23.8 Å². The molecule has 1 N–H and O–H groups in total. The molecule has 0 aliphatic heterocycles. The lowest BCUT2D eigenvalue weighted by atomic mass is 10.1. The van der Waals surface area contributed by atoms with Crippen LogP contribution in [-0.2, 0) is 17.5 Å². The highest BCUT2D eigenvalue weighted by atomic mass is 32.2. The summed E-state index contributed by atoms with van der Waals surface area (Å²) >= 11 is 0.961. The van der Waals surface area contributed by atoms with Crippen LogP contribution in [0.1, 0.15) is 16.7 Å². The van der Waals surface area contributed by atoms with E-state index in [1.807, 2.05) is 31.2 Å². The molecule has 1 amide bonds. The van der Waals surface area contributed by atoms with E-state index in [4.69, 9.17) is 4.74 Å². The Hall–Kier alpha value is -2.74. The lowest BCUT2D eigenvalue weighted by molar-refractivity contribution is -0.136. The molecule has 0 fully saturated rings. The van der Waals surface area contributed by atoms with Crippen LogP contribution in [0.15, 0.2) is 53.6 Å². The minimum absolute atomic E-state index is 0.00783. The van der Waals surface area contributed by atoms with Gasteiger partial charge in [-0.05, 0) is 30.7 Å². The average molecular weight is 420 g/mol. The second kappa shape index (κ2) is 8.73. The minimum Gasteiger partial charge on any atom is -0.497 e. The number of hydrogen-bond acceptors (Lipinski definition) is 4. The number of benzene rings is 2. The Bertz CT molecular complexity index is 1040. The maximum Gasteiger partial charge on any atom is 0.417 e. The predicted octanol–water partition coefficient (Wildman–Crippen LogP) is 4.98. The first kappa shape index (κ1) is 21.0. The molecule has 1 aromatic heterocycles. The molecular formula is C21H19F3N2O2S. The van der Waals surface area contributed by atoms with Crippen LogP contribution in [0.25, 0.3) is 10.9 Å². The van der Waals surface area contributed by atoms with Gasteiger partial charge in [-0.3, -0.25) is 4.79 Å². The summed E-state index contributed by atoms with van der Waals surface area (Å²) in [5.41, 5.74) is 1.43. The lowest BCUT2D eigenvalue weighted by Crippen LogP contribution is -2.24. The van der Waals surface area contributed by atoms with Crippen molar-refractivity contribution in [2.75, 3.05) is 12.9 Å². The maximum absolute atomic E-state index is 13.5. The summed E-state index contributed by atoms with van der Waals surface area (Å²) in [6.45, 7) is 2.32. The van der Waals surface area contributed by atoms with E-state index in [-0.39, 0.29) is 27.6 Å². The third-order valence-electron chi connectivity index (χ3n) is 4.22. The summed E-state index contributed by atoms with van der Waals surface area (Å²) < 4.78 is 45.5. The number of halogens is 3. The van der Waals surface area contributed by atoms with Crippen LogP contribution in [0.5, 0.6) is 5.75 Å². The highest BCUT2D eigenvalue weighted by Gasteiger charge is 2.33. The van der Waals surface area contributed by atoms with Gasteiger partial charge in [0.05, 0.1) is 29.0 Å². The molecule has 29 heavy (non-hydrogen) atoms. The van der Waals surface area contributed by atoms with Crippen molar-refractivity contribution >= 4 is 28.6 Å². The van der Waals surface area contributed by atoms with Gasteiger partial charge in [0, 0.05) is 18.0 Å². The van der Waals surface area contributed by atoms with E-state index in [2.05, 4.69) is 10.3 Å². The predicted molar refractivity (Wildman–Crippen MR) is 107 cm³/mol. The van der Waals surface area contributed by atoms with E-state index >= 15 is 0 Å². The smallest absolute Gasteiger partial charge is 0.417 e. The lowest BCUT2D eigenvalue weighted by Gasteiger charge is -2.13. The molecule has 0 saturated heterocycles. The summed E-state index contributed by atoms with van der Waals surface area (Å²) in [4.78, 5) is 16.4. The zero-order valence-corrected chi connectivity index (χ0v) is 16.7. The van der Waals surface area contributed by atoms with E-state index < -0.39 is 11.7 Å². The highest BCUT2D eigenvalue weighted by Crippen LogP contribution is 2.37. The Kier molecular flexibility index (Phi) is 6.32. The fourth-order valence-electron chi connectivity index (χ4n) is 2.83. The van der Waals surface area contributed by atoms with Gasteiger partial charge in [-0.1, -0.05) is 41.6 Å². The zero-order chi connectivity index (χ0) is 21.0. The number of carbonyl (C=O) groups is 1. The third-order valence-corrected chi connectivity index (χ3v) is 5.13. The van der Waals surface area contributed by atoms with Crippen LogP contribution in [0.3, 0.4) is 0 Å². The van der Waals surface area contributed by atoms with Crippen LogP contribution in [0.4, 0.5) is 13.2 Å². The Morgan fingerprint density at radius 1 is 1.17 bits per heavy atom. The number of aromatic nitrogens is 1. The molecule has 0 bridgehead atoms. The molecule has 0 atom stereocenters. The Morgan fingerprint density at radius 3 is 2.66 bits per heavy atom. The molecule has 4 nitrogen and oxygen atoms in total. The molecule has 2 aromatic carbocycles. The van der Waals surface area contributed by atoms with E-state index in [0.717, 1.165) is 29.0 Å². The topological polar surface area (TPSA) is 51.2 Å². The number of nitrogens with zero attached hydrogens (tertiary/aromatic N) is 1. The fraction of sp³-hybridized carbons (Fsp3) is 0.238. The SMILES string of the molecule is COc1ccc2c(C(F)(F)F)cc(SCC(=O)NCc3cccc(C)c3)nc2c1. The van der Waals surface area contributed by atoms with Crippen LogP contribution in [0.2, 0.25) is 0 Å². The summed E-state index contributed by atoms with van der Waals surface area (Å²) in [6.07, 6.45) is -4.53. The van der Waals surface area contributed by atoms with Crippen molar-refractivity contribution in [1.82, 2.24) is 10.3 Å². The van der Waals surface area contributed by atoms with Crippen molar-refractivity contribution < 1.29 is 22.7 Å². The molecule has 0 spiro atoms. The van der Waals surface area contributed by atoms with Crippen molar-refractivity contribution in [2.45, 2.75) is 24.7 Å². The molecule has 0 radical (unpaired) electrons. The third kappa shape index (κ3) is 5.41. The number of pyridine rings is 1. The maximum atomic E-state index is 13.5. The molecule has 0 saturated carbocycles. The van der Waals surface area contributed by atoms with Crippen LogP contribution in [0, 0.1) is 6.92 Å². The van der Waals surface area contributed by atoms with Gasteiger partial charge < -0.3 is 10.1 Å². The molecule has 0 aliphatic carbocycles. The molecule has 8 heteroatoms. The second-order valence-corrected chi connectivity index (χ2v) is 7.44. The fourth-order valence-corrected chi connectivity index (χ4v) is 3.58. The van der Waals surface area contributed by atoms with Gasteiger partial charge in [0.15, 0.2) is 0 Å². The molecular weight excluding hydrogens is 401 g/mol. The number of nitrogens with one attached hydrogen (secondary N) is 1. The Labute approximate surface area is 170 Å². The molecule has 0 unspecified atom stereocenters. The molecule has 3 rings (SSSR count). The number of fused-ring (bicyclic) bond motifs is 1. The van der Waals surface area contributed by atoms with Crippen molar-refractivity contribution in [3.63, 3.8) is 0 Å². The number of alkyl halides is 3. The van der Waals surface area contributed by atoms with Crippen LogP contribution < -0.4 is 10.1 Å². The second-order valence-electron chi connectivity index (χ2n) is 6.44. The molecule has 3 aromatic rings. The van der Waals surface area contributed by atoms with Crippen molar-refractivity contribution in [2.24, 2.45) is 0 Å². The number of aryl methyl sites for hydroxylation is 1. The first-order valence-corrected chi connectivity index (χ1v) is 9.76. The summed E-state index contributed by atoms with van der Waals surface area (Å²) in [7, 11) is 1.43. The quantitative estimate of drug-likeness (QED) is 0.572. The first-order valence-electron chi connectivity index (χ1n) is 8.77. The van der Waals surface area contributed by atoms with Gasteiger partial charge in [0.25, 0.3) is 0 Å². The van der Waals surface area contributed by atoms with E-state index in [1.165, 1.54) is 25.3 Å². The van der Waals surface area contributed by atoms with Gasteiger partial charge in [-0.2, -0.15) is 13.2 Å². The number of hydrogen-bond donors (Lipinski definition) is 1. The number of ether oxygens (including phenoxy) is 1. The van der Waals surface area contributed by atoms with Gasteiger partial charge in [0.2, 0.25) is 5.91 Å². The van der Waals surface area contributed by atoms with Gasteiger partial charge >= 0.3 is 6.18 Å². The van der Waals surface area contributed by atoms with E-state index in [0.29, 0.717) is 12.3 Å². The number of carbonyl (C=O) groups excluding carboxylic acids is 1. The largest absolute Gasteiger partial charge is 0.497 e. The van der Waals surface area contributed by atoms with Crippen molar-refractivity contribution in [1.29, 1.82) is 0 Å². The van der Waals surface area contributed by atoms with Gasteiger partial charge in [-0.25, -0.2) is 4.98 Å². The number of thioether (sulfide) groups is 1. The number of amides is 1. The van der Waals surface area contributed by atoms with E-state index in [9.17, 15) is 18.0 Å². The normalized spacial score (nSPS) is 11.5. The minimum atomic E-state index is -4.53. The average Bonchev–Trinajstić information content (AvgIpc) is 2.69. The van der Waals surface area contributed by atoms with Gasteiger partial charge in [-0.15, -0.1) is 0 Å². The highest BCUT2D eigenvalue weighted by molar-refractivity contribution is 7.99. The van der Waals surface area contributed by atoms with Crippen LogP contribution >= 0.6 is 11.8 Å². The Morgan fingerprint density at radius 2 is 1.97 bits per heavy atom. The van der Waals surface area contributed by atoms with E-state index in [1.54, 1.807) is 0 Å². The zero-order valence-electron chi connectivity index (χ0n) is 15.8. The molecule has 152 valence electrons. The Balaban J connectivity index is 1.74. The number of methoxy groups -OCH3 is 1. The first-order chi connectivity index (χ1) is 13.8. The molecule has 0 aliphatic rings. The standard InChI is InChI=1S/C21H19F3N2O2S/c1-13-4-3-5-14(8-13)11-25-19(27)12-29-20-10-17(21(22,23)24)16-7-6-15(28-2)9-18(16)26-20/h3-10H,11-12H2,1-2H3,(H,25,27). The molecule has 1 heterocycles. The summed E-state index contributed by atoms with van der Waals surface area (Å²) in [5, 5.41) is 2.89. The summed E-state index contributed by atoms with van der Waals surface area (Å²) in [5.74, 6) is 0.0970. The van der Waals surface area contributed by atoms with Crippen molar-refractivity contribution in [3.8, 4) is 5.75 Å².